The van der Waals surface area contributed by atoms with Gasteiger partial charge in [0.1, 0.15) is 17.3 Å². The Morgan fingerprint density at radius 3 is 2.57 bits per heavy atom. The van der Waals surface area contributed by atoms with Crippen molar-refractivity contribution in [3.05, 3.63) is 23.8 Å². The van der Waals surface area contributed by atoms with Crippen LogP contribution in [0.5, 0.6) is 5.75 Å². The molecular formula is C14H19NO5S. The number of likely N-dealkylation sites (N-methyl/N-ethyl adjacent to an activating group) is 1. The van der Waals surface area contributed by atoms with E-state index in [-0.39, 0.29) is 23.9 Å². The van der Waals surface area contributed by atoms with E-state index in [4.69, 9.17) is 14.9 Å². The van der Waals surface area contributed by atoms with E-state index in [1.54, 1.807) is 13.0 Å². The van der Waals surface area contributed by atoms with Crippen LogP contribution in [0.25, 0.3) is 0 Å². The Hall–Kier alpha value is -1.59. The molecule has 116 valence electrons. The van der Waals surface area contributed by atoms with Crippen LogP contribution in [0.15, 0.2) is 23.1 Å². The molecule has 1 unspecified atom stereocenters. The average Bonchev–Trinajstić information content (AvgIpc) is 2.50. The molecule has 0 amide bonds. The quantitative estimate of drug-likeness (QED) is 0.750. The molecule has 0 saturated carbocycles. The predicted octanol–water partition coefficient (Wildman–Crippen LogP) is 0.0403. The summed E-state index contributed by atoms with van der Waals surface area (Å²) < 4.78 is 31.3. The topological polar surface area (TPSA) is 87.1 Å². The van der Waals surface area contributed by atoms with Crippen LogP contribution in [0.4, 0.5) is 0 Å². The summed E-state index contributed by atoms with van der Waals surface area (Å²) in [5.41, 5.74) is 0.452. The first-order valence-electron chi connectivity index (χ1n) is 6.25. The van der Waals surface area contributed by atoms with Gasteiger partial charge in [0.05, 0.1) is 13.7 Å². The van der Waals surface area contributed by atoms with Gasteiger partial charge >= 0.3 is 0 Å². The van der Waals surface area contributed by atoms with Crippen LogP contribution < -0.4 is 4.74 Å². The number of rotatable bonds is 5. The van der Waals surface area contributed by atoms with Gasteiger partial charge in [-0.1, -0.05) is 11.8 Å². The van der Waals surface area contributed by atoms with Gasteiger partial charge in [0.2, 0.25) is 10.0 Å². The van der Waals surface area contributed by atoms with Crippen molar-refractivity contribution < 1.29 is 23.4 Å². The molecule has 0 bridgehead atoms. The highest BCUT2D eigenvalue weighted by molar-refractivity contribution is 7.89. The number of hydrogen-bond acceptors (Lipinski definition) is 5. The fourth-order valence-electron chi connectivity index (χ4n) is 1.60. The van der Waals surface area contributed by atoms with Crippen LogP contribution in [0.2, 0.25) is 0 Å². The van der Waals surface area contributed by atoms with Crippen molar-refractivity contribution in [2.75, 3.05) is 27.4 Å². The van der Waals surface area contributed by atoms with Gasteiger partial charge in [-0.3, -0.25) is 0 Å². The van der Waals surface area contributed by atoms with Gasteiger partial charge in [-0.05, 0) is 25.1 Å². The smallest absolute Gasteiger partial charge is 0.246 e. The predicted molar refractivity (Wildman–Crippen MR) is 78.5 cm³/mol. The summed E-state index contributed by atoms with van der Waals surface area (Å²) in [6, 6.07) is 3.94. The van der Waals surface area contributed by atoms with Gasteiger partial charge < -0.3 is 14.9 Å². The lowest BCUT2D eigenvalue weighted by Gasteiger charge is -2.23. The lowest BCUT2D eigenvalue weighted by atomic mass is 10.2. The molecule has 0 aliphatic rings. The lowest BCUT2D eigenvalue weighted by Crippen LogP contribution is -2.37. The average molecular weight is 313 g/mol. The molecule has 7 heteroatoms. The highest BCUT2D eigenvalue weighted by Gasteiger charge is 2.28. The minimum absolute atomic E-state index is 0.0301. The molecule has 1 aromatic carbocycles. The minimum Gasteiger partial charge on any atom is -0.495 e. The zero-order valence-corrected chi connectivity index (χ0v) is 13.0. The van der Waals surface area contributed by atoms with E-state index in [2.05, 4.69) is 11.8 Å². The Kier molecular flexibility index (Phi) is 6.18. The maximum absolute atomic E-state index is 12.6. The van der Waals surface area contributed by atoms with E-state index in [9.17, 15) is 8.42 Å². The van der Waals surface area contributed by atoms with Crippen molar-refractivity contribution in [1.29, 1.82) is 0 Å². The van der Waals surface area contributed by atoms with Crippen molar-refractivity contribution in [2.24, 2.45) is 0 Å². The maximum atomic E-state index is 12.6. The molecule has 1 aromatic rings. The molecule has 1 rings (SSSR count). The van der Waals surface area contributed by atoms with Gasteiger partial charge in [0.25, 0.3) is 0 Å². The van der Waals surface area contributed by atoms with Gasteiger partial charge in [0.15, 0.2) is 0 Å². The largest absolute Gasteiger partial charge is 0.495 e. The number of benzene rings is 1. The Morgan fingerprint density at radius 1 is 1.38 bits per heavy atom. The summed E-state index contributed by atoms with van der Waals surface area (Å²) in [5, 5.41) is 17.8. The van der Waals surface area contributed by atoms with Crippen LogP contribution in [-0.2, 0) is 10.0 Å². The molecule has 21 heavy (non-hydrogen) atoms. The van der Waals surface area contributed by atoms with Gasteiger partial charge in [-0.15, -0.1) is 0 Å². The Bertz CT molecular complexity index is 645. The monoisotopic (exact) mass is 313 g/mol. The second-order valence-electron chi connectivity index (χ2n) is 4.38. The molecule has 0 fully saturated rings. The second-order valence-corrected chi connectivity index (χ2v) is 6.34. The molecule has 1 atom stereocenters. The van der Waals surface area contributed by atoms with Crippen LogP contribution in [0.1, 0.15) is 12.5 Å². The van der Waals surface area contributed by atoms with Crippen LogP contribution in [-0.4, -0.2) is 56.3 Å². The number of methoxy groups -OCH3 is 1. The van der Waals surface area contributed by atoms with E-state index in [1.807, 2.05) is 0 Å². The van der Waals surface area contributed by atoms with Crippen LogP contribution in [0.3, 0.4) is 0 Å². The number of aliphatic hydroxyl groups excluding tert-OH is 2. The first kappa shape index (κ1) is 17.5. The Morgan fingerprint density at radius 2 is 2.05 bits per heavy atom. The summed E-state index contributed by atoms with van der Waals surface area (Å²) in [7, 11) is -1.05. The Balaban J connectivity index is 3.38. The number of nitrogens with zero attached hydrogens (tertiary/aromatic N) is 1. The zero-order valence-electron chi connectivity index (χ0n) is 12.2. The fraction of sp³-hybridized carbons (Fsp3) is 0.429. The molecule has 6 nitrogen and oxygen atoms in total. The summed E-state index contributed by atoms with van der Waals surface area (Å²) in [6.07, 6.45) is 0. The number of hydrogen-bond donors (Lipinski definition) is 2. The maximum Gasteiger partial charge on any atom is 0.246 e. The highest BCUT2D eigenvalue weighted by Crippen LogP contribution is 2.28. The summed E-state index contributed by atoms with van der Waals surface area (Å²) >= 11 is 0. The van der Waals surface area contributed by atoms with Crippen molar-refractivity contribution in [2.45, 2.75) is 17.9 Å². The lowest BCUT2D eigenvalue weighted by molar-refractivity contribution is 0.213. The minimum atomic E-state index is -3.82. The van der Waals surface area contributed by atoms with E-state index in [0.717, 1.165) is 4.31 Å². The molecule has 0 radical (unpaired) electrons. The third-order valence-corrected chi connectivity index (χ3v) is 5.01. The molecule has 0 aliphatic heterocycles. The van der Waals surface area contributed by atoms with Crippen molar-refractivity contribution in [3.8, 4) is 17.6 Å². The number of aliphatic hydroxyl groups is 2. The first-order chi connectivity index (χ1) is 9.88. The zero-order chi connectivity index (χ0) is 16.0. The first-order valence-corrected chi connectivity index (χ1v) is 7.69. The van der Waals surface area contributed by atoms with E-state index in [1.165, 1.54) is 26.3 Å². The van der Waals surface area contributed by atoms with Crippen LogP contribution >= 0.6 is 0 Å². The van der Waals surface area contributed by atoms with Gasteiger partial charge in [-0.25, -0.2) is 8.42 Å². The van der Waals surface area contributed by atoms with E-state index < -0.39 is 16.1 Å². The van der Waals surface area contributed by atoms with Gasteiger partial charge in [-0.2, -0.15) is 4.31 Å². The third-order valence-electron chi connectivity index (χ3n) is 3.02. The molecule has 0 spiro atoms. The molecule has 0 saturated heterocycles. The Labute approximate surface area is 125 Å². The fourth-order valence-corrected chi connectivity index (χ4v) is 3.14. The van der Waals surface area contributed by atoms with Gasteiger partial charge in [0, 0.05) is 18.7 Å². The third kappa shape index (κ3) is 3.95. The highest BCUT2D eigenvalue weighted by atomic mass is 32.2. The molecule has 0 aliphatic carbocycles. The summed E-state index contributed by atoms with van der Waals surface area (Å²) in [5.74, 6) is 5.31. The molecule has 0 aromatic heterocycles. The molecule has 0 heterocycles. The van der Waals surface area contributed by atoms with Crippen molar-refractivity contribution in [3.63, 3.8) is 0 Å². The van der Waals surface area contributed by atoms with E-state index >= 15 is 0 Å². The summed E-state index contributed by atoms with van der Waals surface area (Å²) in [4.78, 5) is -0.0301. The number of sulfonamides is 1. The normalized spacial score (nSPS) is 12.7. The second kappa shape index (κ2) is 7.43. The molecular weight excluding hydrogens is 294 g/mol. The van der Waals surface area contributed by atoms with E-state index in [0.29, 0.717) is 5.56 Å². The summed E-state index contributed by atoms with van der Waals surface area (Å²) in [6.45, 7) is 0.997. The van der Waals surface area contributed by atoms with Crippen LogP contribution in [0, 0.1) is 11.8 Å². The standard InChI is InChI=1S/C14H19NO5S/c1-11(10-17)15(2)21(18,19)14-9-12(5-4-8-16)6-7-13(14)20-3/h6-7,9,11,16-17H,8,10H2,1-3H3. The van der Waals surface area contributed by atoms with Crippen molar-refractivity contribution in [1.82, 2.24) is 4.31 Å². The van der Waals surface area contributed by atoms with Crippen molar-refractivity contribution >= 4 is 10.0 Å². The SMILES string of the molecule is COc1ccc(C#CCO)cc1S(=O)(=O)N(C)C(C)CO. The molecule has 2 N–H and O–H groups in total. The number of ether oxygens (including phenoxy) is 1.